The van der Waals surface area contributed by atoms with Crippen LogP contribution in [0.25, 0.3) is 0 Å². The quantitative estimate of drug-likeness (QED) is 0.0401. The average Bonchev–Trinajstić information content (AvgIpc) is 3.46. The minimum Gasteiger partial charge on any atom is -0.382 e. The monoisotopic (exact) mass is 654 g/mol. The van der Waals surface area contributed by atoms with E-state index in [0.717, 1.165) is 48.7 Å². The third-order valence-electron chi connectivity index (χ3n) is 6.63. The molecule has 42 heavy (non-hydrogen) atoms. The molecule has 0 aliphatic carbocycles. The zero-order valence-electron chi connectivity index (χ0n) is 22.7. The lowest BCUT2D eigenvalue weighted by molar-refractivity contribution is -0.380. The fourth-order valence-electron chi connectivity index (χ4n) is 4.42. The van der Waals surface area contributed by atoms with E-state index in [4.69, 9.17) is 27.4 Å². The van der Waals surface area contributed by atoms with Gasteiger partial charge in [-0.15, -0.1) is 23.2 Å². The number of aliphatic hydroxyl groups excluding tert-OH is 1. The first-order valence-corrected chi connectivity index (χ1v) is 16.6. The number of rotatable bonds is 17. The molecule has 13 heteroatoms. The van der Waals surface area contributed by atoms with Gasteiger partial charge in [-0.3, -0.25) is 14.9 Å². The Hall–Kier alpha value is -2.96. The zero-order chi connectivity index (χ0) is 30.7. The van der Waals surface area contributed by atoms with Crippen LogP contribution >= 0.6 is 34.5 Å². The summed E-state index contributed by atoms with van der Waals surface area (Å²) in [6, 6.07) is 14.4. The summed E-state index contributed by atoms with van der Waals surface area (Å²) in [5, 5.41) is 23.6. The number of carbonyl (C=O) groups is 1. The molecule has 2 unspecified atom stereocenters. The van der Waals surface area contributed by atoms with Crippen LogP contribution in [-0.2, 0) is 21.3 Å². The first-order chi connectivity index (χ1) is 20.1. The number of anilines is 1. The van der Waals surface area contributed by atoms with E-state index in [1.807, 2.05) is 0 Å². The summed E-state index contributed by atoms with van der Waals surface area (Å²) in [4.78, 5) is 23.0. The fourth-order valence-corrected chi connectivity index (χ4v) is 7.11. The van der Waals surface area contributed by atoms with Gasteiger partial charge in [0.1, 0.15) is 11.0 Å². The van der Waals surface area contributed by atoms with Crippen molar-refractivity contribution in [2.24, 2.45) is 0 Å². The standard InChI is InChI=1S/C29H32Cl2N2O7S2/c1-2-26(34)28(35)32-23-10-6-20(7-11-23)19-27(25-15-18-41-29(25)33(36)37)42(38,39)40-24-12-8-22(9-13-24)21(14-17-31)5-3-4-16-30/h2,6-13,15,18,21,26-27,34H,1,3-5,14,16-17,19H2,(H,32,35)/t21?,26-,27?/m0/s1. The molecule has 1 aromatic heterocycles. The molecule has 3 rings (SSSR count). The number of amides is 1. The number of hydrogen-bond donors (Lipinski definition) is 2. The number of nitrogens with one attached hydrogen (secondary N) is 1. The van der Waals surface area contributed by atoms with E-state index in [2.05, 4.69) is 11.9 Å². The van der Waals surface area contributed by atoms with Gasteiger partial charge in [0.15, 0.2) is 6.10 Å². The molecule has 9 nitrogen and oxygen atoms in total. The molecular weight excluding hydrogens is 623 g/mol. The van der Waals surface area contributed by atoms with Crippen LogP contribution in [0.4, 0.5) is 10.7 Å². The average molecular weight is 656 g/mol. The number of aliphatic hydroxyl groups is 1. The molecule has 0 bridgehead atoms. The topological polar surface area (TPSA) is 136 Å². The van der Waals surface area contributed by atoms with E-state index >= 15 is 0 Å². The number of nitro groups is 1. The van der Waals surface area contributed by atoms with Gasteiger partial charge in [0.05, 0.1) is 10.5 Å². The predicted octanol–water partition coefficient (Wildman–Crippen LogP) is 6.96. The summed E-state index contributed by atoms with van der Waals surface area (Å²) < 4.78 is 32.8. The lowest BCUT2D eigenvalue weighted by Crippen LogP contribution is -2.25. The largest absolute Gasteiger partial charge is 0.382 e. The van der Waals surface area contributed by atoms with Crippen LogP contribution in [0.15, 0.2) is 72.6 Å². The fraction of sp³-hybridized carbons (Fsp3) is 0.345. The van der Waals surface area contributed by atoms with Crippen molar-refractivity contribution in [1.82, 2.24) is 0 Å². The highest BCUT2D eigenvalue weighted by atomic mass is 35.5. The van der Waals surface area contributed by atoms with Crippen LogP contribution in [0, 0.1) is 10.1 Å². The maximum Gasteiger partial charge on any atom is 0.328 e. The molecule has 0 aliphatic rings. The van der Waals surface area contributed by atoms with Crippen LogP contribution in [0.1, 0.15) is 53.5 Å². The van der Waals surface area contributed by atoms with Gasteiger partial charge >= 0.3 is 15.1 Å². The summed E-state index contributed by atoms with van der Waals surface area (Å²) in [7, 11) is -4.40. The molecule has 0 radical (unpaired) electrons. The molecule has 2 aromatic carbocycles. The lowest BCUT2D eigenvalue weighted by atomic mass is 9.91. The van der Waals surface area contributed by atoms with Crippen molar-refractivity contribution in [2.45, 2.75) is 49.4 Å². The third kappa shape index (κ3) is 9.27. The SMILES string of the molecule is C=C[C@H](O)C(=O)Nc1ccc(CC(c2ccsc2[N+](=O)[O-])S(=O)(=O)Oc2ccc(C(CCCl)CCCCCl)cc2)cc1. The first-order valence-electron chi connectivity index (χ1n) is 13.2. The number of alkyl halides is 2. The lowest BCUT2D eigenvalue weighted by Gasteiger charge is -2.19. The molecule has 1 amide bonds. The molecule has 3 atom stereocenters. The minimum absolute atomic E-state index is 0.0228. The summed E-state index contributed by atoms with van der Waals surface area (Å²) in [6.45, 7) is 3.36. The smallest absolute Gasteiger partial charge is 0.328 e. The molecule has 2 N–H and O–H groups in total. The molecule has 1 heterocycles. The highest BCUT2D eigenvalue weighted by Crippen LogP contribution is 2.38. The maximum absolute atomic E-state index is 13.6. The third-order valence-corrected chi connectivity index (χ3v) is 9.54. The summed E-state index contributed by atoms with van der Waals surface area (Å²) in [5.74, 6) is 0.693. The normalized spacial score (nSPS) is 13.6. The number of halogens is 2. The second-order valence-electron chi connectivity index (χ2n) is 9.50. The highest BCUT2D eigenvalue weighted by Gasteiger charge is 2.36. The Morgan fingerprint density at radius 3 is 2.36 bits per heavy atom. The summed E-state index contributed by atoms with van der Waals surface area (Å²) >= 11 is 12.6. The van der Waals surface area contributed by atoms with Crippen molar-refractivity contribution in [3.8, 4) is 5.75 Å². The Labute approximate surface area is 259 Å². The molecule has 0 saturated heterocycles. The Kier molecular flexibility index (Phi) is 12.8. The predicted molar refractivity (Wildman–Crippen MR) is 167 cm³/mol. The van der Waals surface area contributed by atoms with Crippen molar-refractivity contribution in [3.05, 3.63) is 99.4 Å². The zero-order valence-corrected chi connectivity index (χ0v) is 25.8. The number of unbranched alkanes of at least 4 members (excludes halogenated alkanes) is 1. The summed E-state index contributed by atoms with van der Waals surface area (Å²) in [5.41, 5.74) is 1.94. The number of hydrogen-bond acceptors (Lipinski definition) is 8. The summed E-state index contributed by atoms with van der Waals surface area (Å²) in [6.07, 6.45) is 3.09. The van der Waals surface area contributed by atoms with Crippen molar-refractivity contribution in [3.63, 3.8) is 0 Å². The van der Waals surface area contributed by atoms with E-state index in [9.17, 15) is 28.4 Å². The molecule has 0 fully saturated rings. The van der Waals surface area contributed by atoms with E-state index in [1.165, 1.54) is 11.4 Å². The Balaban J connectivity index is 1.85. The van der Waals surface area contributed by atoms with Crippen LogP contribution < -0.4 is 9.50 Å². The van der Waals surface area contributed by atoms with Crippen LogP contribution in [-0.4, -0.2) is 42.2 Å². The van der Waals surface area contributed by atoms with Crippen molar-refractivity contribution < 1.29 is 27.4 Å². The number of benzene rings is 2. The van der Waals surface area contributed by atoms with Gasteiger partial charge in [-0.05, 0) is 78.4 Å². The van der Waals surface area contributed by atoms with E-state index in [1.54, 1.807) is 48.5 Å². The van der Waals surface area contributed by atoms with E-state index < -0.39 is 32.3 Å². The van der Waals surface area contributed by atoms with Gasteiger partial charge in [0.2, 0.25) is 0 Å². The second-order valence-corrected chi connectivity index (χ2v) is 12.9. The minimum atomic E-state index is -4.40. The Bertz CT molecular complexity index is 1450. The van der Waals surface area contributed by atoms with E-state index in [-0.39, 0.29) is 28.7 Å². The number of thiophene rings is 1. The Morgan fingerprint density at radius 1 is 1.07 bits per heavy atom. The van der Waals surface area contributed by atoms with Gasteiger partial charge in [-0.25, -0.2) is 0 Å². The van der Waals surface area contributed by atoms with Crippen LogP contribution in [0.5, 0.6) is 5.75 Å². The molecular formula is C29H32Cl2N2O7S2. The van der Waals surface area contributed by atoms with Gasteiger partial charge in [0, 0.05) is 17.4 Å². The van der Waals surface area contributed by atoms with Crippen LogP contribution in [0.2, 0.25) is 0 Å². The van der Waals surface area contributed by atoms with Gasteiger partial charge in [-0.1, -0.05) is 54.7 Å². The van der Waals surface area contributed by atoms with Gasteiger partial charge in [0.25, 0.3) is 5.91 Å². The molecule has 0 saturated carbocycles. The number of nitrogens with zero attached hydrogens (tertiary/aromatic N) is 1. The highest BCUT2D eigenvalue weighted by molar-refractivity contribution is 7.87. The van der Waals surface area contributed by atoms with Crippen LogP contribution in [0.3, 0.4) is 0 Å². The molecule has 0 spiro atoms. The first kappa shape index (κ1) is 33.5. The number of carbonyl (C=O) groups excluding carboxylic acids is 1. The second kappa shape index (κ2) is 16.0. The van der Waals surface area contributed by atoms with Crippen molar-refractivity contribution >= 4 is 61.3 Å². The van der Waals surface area contributed by atoms with Crippen molar-refractivity contribution in [1.29, 1.82) is 0 Å². The Morgan fingerprint density at radius 2 is 1.76 bits per heavy atom. The molecule has 0 aliphatic heterocycles. The van der Waals surface area contributed by atoms with Crippen molar-refractivity contribution in [2.75, 3.05) is 17.1 Å². The van der Waals surface area contributed by atoms with E-state index in [0.29, 0.717) is 23.0 Å². The molecule has 3 aromatic rings. The molecule has 226 valence electrons. The maximum atomic E-state index is 13.6. The van der Waals surface area contributed by atoms with Gasteiger partial charge in [-0.2, -0.15) is 8.42 Å². The van der Waals surface area contributed by atoms with Gasteiger partial charge < -0.3 is 14.6 Å².